The summed E-state index contributed by atoms with van der Waals surface area (Å²) in [6.45, 7) is 0. The van der Waals surface area contributed by atoms with Crippen LogP contribution in [0.15, 0.2) is 0 Å². The van der Waals surface area contributed by atoms with Gasteiger partial charge in [-0.3, -0.25) is 4.21 Å². The Bertz CT molecular complexity index is 123. The third kappa shape index (κ3) is 2.78. The lowest BCUT2D eigenvalue weighted by Crippen LogP contribution is -2.35. The van der Waals surface area contributed by atoms with Crippen LogP contribution in [0.1, 0.15) is 0 Å². The topological polar surface area (TPSA) is 43.4 Å². The van der Waals surface area contributed by atoms with Crippen molar-refractivity contribution in [1.82, 2.24) is 4.31 Å². The van der Waals surface area contributed by atoms with Crippen LogP contribution < -0.4 is 0 Å². The molecule has 56 valence electrons. The van der Waals surface area contributed by atoms with E-state index in [9.17, 15) is 21.9 Å². The molecule has 0 N–H and O–H groups in total. The third-order valence-electron chi connectivity index (χ3n) is 0.581. The molecule has 0 saturated heterocycles. The summed E-state index contributed by atoms with van der Waals surface area (Å²) in [6.07, 6.45) is -4.80. The molecule has 0 heterocycles. The molecule has 1 atom stereocenters. The van der Waals surface area contributed by atoms with Gasteiger partial charge in [0.25, 0.3) is 0 Å². The number of hydrogen-bond donors (Lipinski definition) is 0. The van der Waals surface area contributed by atoms with Crippen molar-refractivity contribution in [2.75, 3.05) is 7.05 Å². The summed E-state index contributed by atoms with van der Waals surface area (Å²) in [5.74, 6) is 0. The van der Waals surface area contributed by atoms with E-state index in [0.717, 1.165) is 0 Å². The van der Waals surface area contributed by atoms with Gasteiger partial charge >= 0.3 is 6.30 Å². The van der Waals surface area contributed by atoms with E-state index in [4.69, 9.17) is 0 Å². The van der Waals surface area contributed by atoms with E-state index >= 15 is 0 Å². The summed E-state index contributed by atoms with van der Waals surface area (Å²) in [5.41, 5.74) is 0. The summed E-state index contributed by atoms with van der Waals surface area (Å²) in [5, 5.41) is 0. The fourth-order valence-electron chi connectivity index (χ4n) is 0.0845. The van der Waals surface area contributed by atoms with Gasteiger partial charge in [0, 0.05) is 18.3 Å². The first-order valence-electron chi connectivity index (χ1n) is 1.75. The Balaban J connectivity index is 4.04. The zero-order valence-electron chi connectivity index (χ0n) is 4.31. The van der Waals surface area contributed by atoms with Crippen LogP contribution in [0.5, 0.6) is 0 Å². The van der Waals surface area contributed by atoms with Gasteiger partial charge in [-0.25, -0.2) is 0 Å². The van der Waals surface area contributed by atoms with Crippen LogP contribution in [0, 0.1) is 0 Å². The molecule has 0 amide bonds. The molecule has 0 aliphatic carbocycles. The summed E-state index contributed by atoms with van der Waals surface area (Å²) in [7, 11) is 0.420. The van der Waals surface area contributed by atoms with Crippen molar-refractivity contribution in [3.05, 3.63) is 0 Å². The molecule has 0 aromatic heterocycles. The SMILES string of the molecule is CN(S(=O)[O-])C(F)(F)F. The predicted octanol–water partition coefficient (Wildman–Crippen LogP) is 0.232. The normalized spacial score (nSPS) is 16.2. The molecular weight excluding hydrogens is 159 g/mol. The van der Waals surface area contributed by atoms with Crippen molar-refractivity contribution in [2.45, 2.75) is 6.30 Å². The molecule has 0 fully saturated rings. The van der Waals surface area contributed by atoms with Gasteiger partial charge in [-0.15, -0.1) is 4.31 Å². The minimum atomic E-state index is -4.80. The number of hydrogen-bond acceptors (Lipinski definition) is 2. The molecule has 0 aromatic carbocycles. The Morgan fingerprint density at radius 3 is 1.89 bits per heavy atom. The van der Waals surface area contributed by atoms with Crippen molar-refractivity contribution < 1.29 is 21.9 Å². The minimum absolute atomic E-state index is 0.420. The van der Waals surface area contributed by atoms with E-state index in [-0.39, 0.29) is 0 Å². The Hall–Kier alpha value is -0.140. The molecule has 0 spiro atoms. The summed E-state index contributed by atoms with van der Waals surface area (Å²) >= 11 is -3.22. The van der Waals surface area contributed by atoms with Crippen LogP contribution in [0.25, 0.3) is 0 Å². The van der Waals surface area contributed by atoms with Crippen molar-refractivity contribution in [3.63, 3.8) is 0 Å². The third-order valence-corrected chi connectivity index (χ3v) is 1.23. The first-order chi connectivity index (χ1) is 3.85. The largest absolute Gasteiger partial charge is 0.759 e. The minimum Gasteiger partial charge on any atom is -0.759 e. The van der Waals surface area contributed by atoms with Gasteiger partial charge in [0.2, 0.25) is 0 Å². The molecule has 0 saturated carbocycles. The zero-order valence-corrected chi connectivity index (χ0v) is 5.12. The highest BCUT2D eigenvalue weighted by Crippen LogP contribution is 2.19. The molecule has 7 heteroatoms. The molecule has 3 nitrogen and oxygen atoms in total. The van der Waals surface area contributed by atoms with Crippen molar-refractivity contribution in [3.8, 4) is 0 Å². The standard InChI is InChI=1S/C2H4F3NO2S/c1-6(9(7)8)2(3,4)5/h1H3,(H,7,8)/p-1. The van der Waals surface area contributed by atoms with Crippen LogP contribution in [0.3, 0.4) is 0 Å². The molecule has 0 aliphatic heterocycles. The maximum atomic E-state index is 11.2. The Kier molecular flexibility index (Phi) is 2.59. The summed E-state index contributed by atoms with van der Waals surface area (Å²) in [6, 6.07) is 0. The lowest BCUT2D eigenvalue weighted by Gasteiger charge is -2.20. The van der Waals surface area contributed by atoms with Crippen LogP contribution in [0.2, 0.25) is 0 Å². The lowest BCUT2D eigenvalue weighted by molar-refractivity contribution is -0.202. The number of rotatable bonds is 1. The second-order valence-corrected chi connectivity index (χ2v) is 2.16. The van der Waals surface area contributed by atoms with Gasteiger partial charge in [0.05, 0.1) is 0 Å². The maximum absolute atomic E-state index is 11.2. The zero-order chi connectivity index (χ0) is 7.65. The average molecular weight is 162 g/mol. The van der Waals surface area contributed by atoms with E-state index in [0.29, 0.717) is 7.05 Å². The first-order valence-corrected chi connectivity index (χ1v) is 2.79. The van der Waals surface area contributed by atoms with Gasteiger partial charge < -0.3 is 4.55 Å². The highest BCUT2D eigenvalue weighted by Gasteiger charge is 2.34. The molecule has 0 bridgehead atoms. The quantitative estimate of drug-likeness (QED) is 0.409. The van der Waals surface area contributed by atoms with E-state index in [2.05, 4.69) is 0 Å². The average Bonchev–Trinajstić information content (AvgIpc) is 1.62. The Labute approximate surface area is 51.9 Å². The first kappa shape index (κ1) is 8.86. The monoisotopic (exact) mass is 162 g/mol. The van der Waals surface area contributed by atoms with E-state index in [1.165, 1.54) is 0 Å². The Morgan fingerprint density at radius 1 is 1.56 bits per heavy atom. The van der Waals surface area contributed by atoms with Gasteiger partial charge in [0.15, 0.2) is 0 Å². The summed E-state index contributed by atoms with van der Waals surface area (Å²) in [4.78, 5) is 0. The number of halogens is 3. The van der Waals surface area contributed by atoms with Crippen LogP contribution in [-0.2, 0) is 11.3 Å². The number of nitrogens with zero attached hydrogens (tertiary/aromatic N) is 1. The van der Waals surface area contributed by atoms with Crippen LogP contribution in [0.4, 0.5) is 13.2 Å². The fraction of sp³-hybridized carbons (Fsp3) is 1.00. The van der Waals surface area contributed by atoms with Crippen molar-refractivity contribution in [2.24, 2.45) is 0 Å². The maximum Gasteiger partial charge on any atom is 0.470 e. The fourth-order valence-corrected chi connectivity index (χ4v) is 0.254. The predicted molar refractivity (Wildman–Crippen MR) is 22.7 cm³/mol. The Morgan fingerprint density at radius 2 is 1.89 bits per heavy atom. The summed E-state index contributed by atoms with van der Waals surface area (Å²) < 4.78 is 52.1. The van der Waals surface area contributed by atoms with E-state index in [1.807, 2.05) is 0 Å². The molecule has 9 heavy (non-hydrogen) atoms. The van der Waals surface area contributed by atoms with E-state index < -0.39 is 21.9 Å². The second-order valence-electron chi connectivity index (χ2n) is 1.18. The van der Waals surface area contributed by atoms with Gasteiger partial charge in [-0.2, -0.15) is 13.2 Å². The highest BCUT2D eigenvalue weighted by atomic mass is 32.2. The van der Waals surface area contributed by atoms with Crippen molar-refractivity contribution in [1.29, 1.82) is 0 Å². The highest BCUT2D eigenvalue weighted by molar-refractivity contribution is 7.76. The second kappa shape index (κ2) is 2.63. The molecule has 0 aromatic rings. The van der Waals surface area contributed by atoms with Gasteiger partial charge in [0.1, 0.15) is 0 Å². The molecule has 0 radical (unpaired) electrons. The van der Waals surface area contributed by atoms with Crippen LogP contribution in [-0.4, -0.2) is 26.4 Å². The van der Waals surface area contributed by atoms with Crippen LogP contribution >= 0.6 is 0 Å². The molecule has 0 aliphatic rings. The molecular formula is C2H3F3NO2S-. The van der Waals surface area contributed by atoms with Gasteiger partial charge in [-0.1, -0.05) is 0 Å². The smallest absolute Gasteiger partial charge is 0.470 e. The molecule has 1 unspecified atom stereocenters. The number of alkyl halides is 3. The van der Waals surface area contributed by atoms with E-state index in [1.54, 1.807) is 0 Å². The lowest BCUT2D eigenvalue weighted by atomic mass is 11.1. The van der Waals surface area contributed by atoms with Gasteiger partial charge in [-0.05, 0) is 0 Å². The van der Waals surface area contributed by atoms with Crippen molar-refractivity contribution >= 4 is 11.3 Å². The molecule has 0 rings (SSSR count).